The van der Waals surface area contributed by atoms with Crippen molar-refractivity contribution in [1.29, 1.82) is 0 Å². The molecule has 114 valence electrons. The second kappa shape index (κ2) is 4.98. The topological polar surface area (TPSA) is 73.4 Å². The summed E-state index contributed by atoms with van der Waals surface area (Å²) in [5, 5.41) is 10.2. The summed E-state index contributed by atoms with van der Waals surface area (Å²) in [6, 6.07) is 14.7. The highest BCUT2D eigenvalue weighted by atomic mass is 16.4. The molecule has 0 radical (unpaired) electrons. The smallest absolute Gasteiger partial charge is 0.323 e. The van der Waals surface area contributed by atoms with Gasteiger partial charge in [0.1, 0.15) is 6.54 Å². The number of amides is 1. The number of carbonyl (C=O) groups is 2. The molecule has 1 aliphatic rings. The maximum Gasteiger partial charge on any atom is 0.323 e. The molecule has 0 spiro atoms. The van der Waals surface area contributed by atoms with E-state index in [2.05, 4.69) is 4.98 Å². The highest BCUT2D eigenvalue weighted by Gasteiger charge is 2.39. The molecule has 0 saturated heterocycles. The van der Waals surface area contributed by atoms with E-state index in [9.17, 15) is 14.7 Å². The number of aromatic amines is 1. The number of rotatable bonds is 3. The SMILES string of the molecule is O=C(O)CN1C(=O)c2ccccc2[C@@H]1c1c[nH]c2ccccc12. The zero-order valence-corrected chi connectivity index (χ0v) is 12.2. The van der Waals surface area contributed by atoms with Crippen LogP contribution < -0.4 is 0 Å². The number of hydrogen-bond acceptors (Lipinski definition) is 2. The standard InChI is InChI=1S/C18H14N2O3/c21-16(22)10-20-17(12-6-1-2-7-13(12)18(20)23)14-9-19-15-8-4-3-5-11(14)15/h1-9,17,19H,10H2,(H,21,22)/t17-/m1/s1. The fourth-order valence-electron chi connectivity index (χ4n) is 3.33. The number of nitrogens with one attached hydrogen (secondary N) is 1. The first-order chi connectivity index (χ1) is 11.2. The Kier molecular flexibility index (Phi) is 2.94. The van der Waals surface area contributed by atoms with Gasteiger partial charge in [-0.05, 0) is 17.7 Å². The highest BCUT2D eigenvalue weighted by molar-refractivity contribution is 6.02. The minimum absolute atomic E-state index is 0.238. The normalized spacial score (nSPS) is 16.8. The van der Waals surface area contributed by atoms with Gasteiger partial charge in [0.05, 0.1) is 6.04 Å². The Bertz CT molecular complexity index is 929. The van der Waals surface area contributed by atoms with Crippen molar-refractivity contribution in [3.05, 3.63) is 71.4 Å². The Morgan fingerprint density at radius 1 is 1.09 bits per heavy atom. The lowest BCUT2D eigenvalue weighted by Gasteiger charge is -2.23. The Balaban J connectivity index is 1.93. The number of carbonyl (C=O) groups excluding carboxylic acids is 1. The van der Waals surface area contributed by atoms with Gasteiger partial charge in [0, 0.05) is 28.2 Å². The molecule has 23 heavy (non-hydrogen) atoms. The molecular formula is C18H14N2O3. The van der Waals surface area contributed by atoms with Gasteiger partial charge in [-0.2, -0.15) is 0 Å². The third-order valence-electron chi connectivity index (χ3n) is 4.28. The first kappa shape index (κ1) is 13.6. The van der Waals surface area contributed by atoms with E-state index in [0.717, 1.165) is 22.0 Å². The Hall–Kier alpha value is -3.08. The zero-order chi connectivity index (χ0) is 16.0. The van der Waals surface area contributed by atoms with Crippen LogP contribution in [-0.2, 0) is 4.79 Å². The van der Waals surface area contributed by atoms with Crippen LogP contribution in [0.25, 0.3) is 10.9 Å². The minimum Gasteiger partial charge on any atom is -0.480 e. The lowest BCUT2D eigenvalue weighted by molar-refractivity contribution is -0.138. The van der Waals surface area contributed by atoms with Crippen LogP contribution in [0, 0.1) is 0 Å². The van der Waals surface area contributed by atoms with Gasteiger partial charge in [0.25, 0.3) is 5.91 Å². The molecule has 5 nitrogen and oxygen atoms in total. The number of nitrogens with zero attached hydrogens (tertiary/aromatic N) is 1. The van der Waals surface area contributed by atoms with E-state index in [-0.39, 0.29) is 18.5 Å². The lowest BCUT2D eigenvalue weighted by atomic mass is 9.97. The Morgan fingerprint density at radius 3 is 2.65 bits per heavy atom. The van der Waals surface area contributed by atoms with Gasteiger partial charge in [-0.15, -0.1) is 0 Å². The molecule has 0 aliphatic carbocycles. The van der Waals surface area contributed by atoms with Gasteiger partial charge in [-0.1, -0.05) is 36.4 Å². The number of aromatic nitrogens is 1. The third-order valence-corrected chi connectivity index (χ3v) is 4.28. The molecule has 0 unspecified atom stereocenters. The van der Waals surface area contributed by atoms with Crippen molar-refractivity contribution in [2.75, 3.05) is 6.54 Å². The maximum absolute atomic E-state index is 12.6. The number of benzene rings is 2. The largest absolute Gasteiger partial charge is 0.480 e. The van der Waals surface area contributed by atoms with Crippen molar-refractivity contribution in [1.82, 2.24) is 9.88 Å². The molecule has 3 aromatic rings. The Morgan fingerprint density at radius 2 is 1.83 bits per heavy atom. The number of carboxylic acids is 1. The van der Waals surface area contributed by atoms with E-state index in [0.29, 0.717) is 5.56 Å². The van der Waals surface area contributed by atoms with Crippen LogP contribution in [0.3, 0.4) is 0 Å². The summed E-state index contributed by atoms with van der Waals surface area (Å²) in [5.74, 6) is -1.26. The second-order valence-electron chi connectivity index (χ2n) is 5.61. The summed E-state index contributed by atoms with van der Waals surface area (Å²) in [5.41, 5.74) is 3.31. The van der Waals surface area contributed by atoms with E-state index in [1.807, 2.05) is 42.6 Å². The van der Waals surface area contributed by atoms with Crippen molar-refractivity contribution in [3.63, 3.8) is 0 Å². The second-order valence-corrected chi connectivity index (χ2v) is 5.61. The molecule has 0 bridgehead atoms. The number of H-pyrrole nitrogens is 1. The summed E-state index contributed by atoms with van der Waals surface area (Å²) >= 11 is 0. The monoisotopic (exact) mass is 306 g/mol. The number of hydrogen-bond donors (Lipinski definition) is 2. The van der Waals surface area contributed by atoms with Crippen molar-refractivity contribution in [2.24, 2.45) is 0 Å². The van der Waals surface area contributed by atoms with E-state index < -0.39 is 5.97 Å². The molecule has 1 aliphatic heterocycles. The molecule has 1 aromatic heterocycles. The molecule has 0 saturated carbocycles. The molecule has 2 N–H and O–H groups in total. The van der Waals surface area contributed by atoms with Gasteiger partial charge < -0.3 is 15.0 Å². The van der Waals surface area contributed by atoms with Crippen LogP contribution >= 0.6 is 0 Å². The van der Waals surface area contributed by atoms with Gasteiger partial charge >= 0.3 is 5.97 Å². The maximum atomic E-state index is 12.6. The van der Waals surface area contributed by atoms with Gasteiger partial charge in [-0.3, -0.25) is 9.59 Å². The van der Waals surface area contributed by atoms with Gasteiger partial charge in [-0.25, -0.2) is 0 Å². The van der Waals surface area contributed by atoms with Crippen LogP contribution in [-0.4, -0.2) is 33.4 Å². The lowest BCUT2D eigenvalue weighted by Crippen LogP contribution is -2.33. The molecule has 0 fully saturated rings. The summed E-state index contributed by atoms with van der Waals surface area (Å²) in [6.45, 7) is -0.322. The third kappa shape index (κ3) is 2.01. The number of para-hydroxylation sites is 1. The first-order valence-corrected chi connectivity index (χ1v) is 7.34. The highest BCUT2D eigenvalue weighted by Crippen LogP contribution is 2.40. The average Bonchev–Trinajstić information content (AvgIpc) is 3.08. The van der Waals surface area contributed by atoms with Crippen LogP contribution in [0.15, 0.2) is 54.7 Å². The van der Waals surface area contributed by atoms with E-state index >= 15 is 0 Å². The molecule has 1 atom stereocenters. The fraction of sp³-hybridized carbons (Fsp3) is 0.111. The van der Waals surface area contributed by atoms with Gasteiger partial charge in [0.2, 0.25) is 0 Å². The van der Waals surface area contributed by atoms with E-state index in [4.69, 9.17) is 0 Å². The summed E-state index contributed by atoms with van der Waals surface area (Å²) in [6.07, 6.45) is 1.86. The fourth-order valence-corrected chi connectivity index (χ4v) is 3.33. The van der Waals surface area contributed by atoms with Crippen LogP contribution in [0.4, 0.5) is 0 Å². The predicted octanol–water partition coefficient (Wildman–Crippen LogP) is 2.80. The summed E-state index contributed by atoms with van der Waals surface area (Å²) in [4.78, 5) is 28.5. The molecule has 1 amide bonds. The van der Waals surface area contributed by atoms with E-state index in [1.165, 1.54) is 4.90 Å². The zero-order valence-electron chi connectivity index (χ0n) is 12.2. The van der Waals surface area contributed by atoms with Gasteiger partial charge in [0.15, 0.2) is 0 Å². The first-order valence-electron chi connectivity index (χ1n) is 7.34. The van der Waals surface area contributed by atoms with Crippen molar-refractivity contribution >= 4 is 22.8 Å². The van der Waals surface area contributed by atoms with E-state index in [1.54, 1.807) is 12.1 Å². The molecule has 2 aromatic carbocycles. The molecule has 5 heteroatoms. The molecular weight excluding hydrogens is 292 g/mol. The molecule has 4 rings (SSSR count). The number of fused-ring (bicyclic) bond motifs is 2. The van der Waals surface area contributed by atoms with Crippen LogP contribution in [0.5, 0.6) is 0 Å². The van der Waals surface area contributed by atoms with Crippen molar-refractivity contribution in [2.45, 2.75) is 6.04 Å². The minimum atomic E-state index is -1.02. The Labute approximate surface area is 132 Å². The molecule has 2 heterocycles. The number of aliphatic carboxylic acids is 1. The average molecular weight is 306 g/mol. The van der Waals surface area contributed by atoms with Crippen molar-refractivity contribution < 1.29 is 14.7 Å². The summed E-state index contributed by atoms with van der Waals surface area (Å²) < 4.78 is 0. The predicted molar refractivity (Wildman–Crippen MR) is 85.3 cm³/mol. The summed E-state index contributed by atoms with van der Waals surface area (Å²) in [7, 11) is 0. The van der Waals surface area contributed by atoms with Crippen LogP contribution in [0.2, 0.25) is 0 Å². The quantitative estimate of drug-likeness (QED) is 0.781. The van der Waals surface area contributed by atoms with Crippen LogP contribution in [0.1, 0.15) is 27.5 Å². The van der Waals surface area contributed by atoms with Crippen molar-refractivity contribution in [3.8, 4) is 0 Å². The number of carboxylic acid groups (broad SMARTS) is 1.